The predicted molar refractivity (Wildman–Crippen MR) is 191 cm³/mol. The van der Waals surface area contributed by atoms with E-state index in [9.17, 15) is 24.9 Å². The zero-order valence-corrected chi connectivity index (χ0v) is 30.0. The summed E-state index contributed by atoms with van der Waals surface area (Å²) in [5.41, 5.74) is -1.41. The maximum atomic E-state index is 14.3. The number of phenols is 1. The van der Waals surface area contributed by atoms with Gasteiger partial charge in [-0.05, 0) is 85.9 Å². The topological polar surface area (TPSA) is 123 Å². The van der Waals surface area contributed by atoms with Crippen molar-refractivity contribution in [3.8, 4) is 17.2 Å². The first-order valence-corrected chi connectivity index (χ1v) is 18.3. The summed E-state index contributed by atoms with van der Waals surface area (Å²) in [7, 11) is 0. The van der Waals surface area contributed by atoms with Crippen LogP contribution in [0.25, 0.3) is 0 Å². The van der Waals surface area contributed by atoms with Crippen molar-refractivity contribution in [1.82, 2.24) is 9.80 Å². The minimum Gasteiger partial charge on any atom is -0.508 e. The quantitative estimate of drug-likeness (QED) is 0.346. The highest BCUT2D eigenvalue weighted by Gasteiger charge is 2.75. The second-order valence-corrected chi connectivity index (χ2v) is 16.8. The molecule has 50 heavy (non-hydrogen) atoms. The number of aliphatic hydroxyl groups is 2. The number of piperazine rings is 1. The van der Waals surface area contributed by atoms with Crippen LogP contribution in [-0.2, 0) is 9.59 Å². The van der Waals surface area contributed by atoms with Gasteiger partial charge >= 0.3 is 0 Å². The zero-order valence-electron chi connectivity index (χ0n) is 29.2. The molecule has 0 amide bonds. The Balaban J connectivity index is 1.01. The highest BCUT2D eigenvalue weighted by atomic mass is 35.5. The Morgan fingerprint density at radius 2 is 1.76 bits per heavy atom. The Kier molecular flexibility index (Phi) is 7.57. The van der Waals surface area contributed by atoms with E-state index < -0.39 is 27.9 Å². The average Bonchev–Trinajstić information content (AvgIpc) is 3.25. The van der Waals surface area contributed by atoms with Crippen LogP contribution in [0.1, 0.15) is 65.4 Å². The summed E-state index contributed by atoms with van der Waals surface area (Å²) in [6.45, 7) is 11.1. The van der Waals surface area contributed by atoms with Gasteiger partial charge in [0.15, 0.2) is 17.3 Å². The molecule has 2 heterocycles. The third kappa shape index (κ3) is 4.52. The average molecular weight is 700 g/mol. The third-order valence-corrected chi connectivity index (χ3v) is 14.6. The zero-order chi connectivity index (χ0) is 35.4. The van der Waals surface area contributed by atoms with Crippen molar-refractivity contribution >= 4 is 34.7 Å². The summed E-state index contributed by atoms with van der Waals surface area (Å²) in [5.74, 6) is 1.78. The Labute approximate surface area is 298 Å². The van der Waals surface area contributed by atoms with E-state index in [4.69, 9.17) is 21.3 Å². The van der Waals surface area contributed by atoms with Crippen LogP contribution in [0.4, 0.5) is 5.69 Å². The molecule has 3 N–H and O–H groups in total. The lowest BCUT2D eigenvalue weighted by Gasteiger charge is -2.70. The first kappa shape index (κ1) is 33.6. The number of hydrogen-bond acceptors (Lipinski definition) is 9. The standard InChI is InChI=1S/C40H46ClN3O6/c1-36-13-10-27(46)19-24(36)9-12-37(2)32-11-14-40(49,38(32,3)22-33(47)39(36,37)4)34(48)23-43-15-17-44(18-16-43)35-28-20-25(41)5-7-30(28)50-31-8-6-26(45)21-29(31)42-35/h5-8,10,13,19-21,32-33,45,47,49H,9,11-12,14-18,22-23H2,1-4H3/t32-,33-,36-,37-,38-,39+,40-/m0/s1. The Morgan fingerprint density at radius 3 is 2.52 bits per heavy atom. The fraction of sp³-hybridized carbons (Fsp3) is 0.525. The highest BCUT2D eigenvalue weighted by molar-refractivity contribution is 6.31. The highest BCUT2D eigenvalue weighted by Crippen LogP contribution is 2.76. The van der Waals surface area contributed by atoms with E-state index in [-0.39, 0.29) is 35.2 Å². The van der Waals surface area contributed by atoms with E-state index in [2.05, 4.69) is 30.6 Å². The number of allylic oxidation sites excluding steroid dienone is 4. The number of hydrogen-bond donors (Lipinski definition) is 3. The van der Waals surface area contributed by atoms with Crippen LogP contribution in [0.5, 0.6) is 17.2 Å². The molecule has 0 aromatic heterocycles. The van der Waals surface area contributed by atoms with Gasteiger partial charge in [-0.3, -0.25) is 14.5 Å². The SMILES string of the molecule is C[C@]12[C@@H](O)C[C@@]3(C)[C@@H](CC[C@]3(O)C(=O)CN3CCN(C4=Nc5cc(O)ccc5Oc5ccc(Cl)cc54)CC3)[C@]1(C)CCC1=CC(=O)C=C[C@@]12C. The van der Waals surface area contributed by atoms with Crippen LogP contribution < -0.4 is 4.74 Å². The molecule has 7 atom stereocenters. The van der Waals surface area contributed by atoms with Crippen molar-refractivity contribution in [2.24, 2.45) is 32.6 Å². The number of fused-ring (bicyclic) bond motifs is 7. The lowest BCUT2D eigenvalue weighted by Crippen LogP contribution is -2.70. The van der Waals surface area contributed by atoms with Crippen LogP contribution in [0.15, 0.2) is 65.2 Å². The molecule has 0 radical (unpaired) electrons. The number of carbonyl (C=O) groups is 2. The van der Waals surface area contributed by atoms with Crippen molar-refractivity contribution in [3.05, 3.63) is 70.8 Å². The van der Waals surface area contributed by atoms with Crippen LogP contribution >= 0.6 is 11.6 Å². The van der Waals surface area contributed by atoms with Crippen molar-refractivity contribution in [2.45, 2.75) is 71.5 Å². The number of phenolic OH excluding ortho intramolecular Hbond substituents is 1. The van der Waals surface area contributed by atoms with Gasteiger partial charge in [-0.1, -0.05) is 50.9 Å². The van der Waals surface area contributed by atoms with Gasteiger partial charge in [0.1, 0.15) is 28.6 Å². The smallest absolute Gasteiger partial charge is 0.178 e. The minimum absolute atomic E-state index is 0.00225. The largest absolute Gasteiger partial charge is 0.508 e. The number of aliphatic imine (C=N–C) groups is 1. The second kappa shape index (κ2) is 11.2. The lowest BCUT2D eigenvalue weighted by molar-refractivity contribution is -0.242. The van der Waals surface area contributed by atoms with Gasteiger partial charge in [0.2, 0.25) is 0 Å². The fourth-order valence-electron chi connectivity index (χ4n) is 11.1. The molecule has 2 aromatic rings. The third-order valence-electron chi connectivity index (χ3n) is 14.4. The number of carbonyl (C=O) groups excluding carboxylic acids is 2. The van der Waals surface area contributed by atoms with E-state index in [1.165, 1.54) is 0 Å². The molecule has 0 unspecified atom stereocenters. The van der Waals surface area contributed by atoms with Gasteiger partial charge in [-0.15, -0.1) is 0 Å². The molecule has 2 aliphatic heterocycles. The molecule has 3 saturated carbocycles. The number of Topliss-reactive ketones (excluding diaryl/α,β-unsaturated/α-hetero) is 1. The van der Waals surface area contributed by atoms with E-state index in [1.807, 2.05) is 25.1 Å². The molecule has 6 aliphatic rings. The molecule has 2 aromatic carbocycles. The van der Waals surface area contributed by atoms with Gasteiger partial charge in [0, 0.05) is 53.5 Å². The Bertz CT molecular complexity index is 1900. The van der Waals surface area contributed by atoms with Gasteiger partial charge in [-0.25, -0.2) is 4.99 Å². The molecule has 264 valence electrons. The molecule has 9 nitrogen and oxygen atoms in total. The molecule has 1 saturated heterocycles. The van der Waals surface area contributed by atoms with E-state index in [0.717, 1.165) is 24.0 Å². The molecule has 10 heteroatoms. The van der Waals surface area contributed by atoms with Gasteiger partial charge in [0.25, 0.3) is 0 Å². The Hall–Kier alpha value is -3.50. The summed E-state index contributed by atoms with van der Waals surface area (Å²) in [6, 6.07) is 10.3. The number of rotatable bonds is 3. The second-order valence-electron chi connectivity index (χ2n) is 16.3. The molecule has 0 spiro atoms. The van der Waals surface area contributed by atoms with E-state index >= 15 is 0 Å². The molecule has 0 bridgehead atoms. The summed E-state index contributed by atoms with van der Waals surface area (Å²) in [5, 5.41) is 35.4. The van der Waals surface area contributed by atoms with Crippen LogP contribution in [0, 0.1) is 27.6 Å². The molecular weight excluding hydrogens is 654 g/mol. The van der Waals surface area contributed by atoms with Gasteiger partial charge in [0.05, 0.1) is 18.2 Å². The van der Waals surface area contributed by atoms with Crippen molar-refractivity contribution in [2.75, 3.05) is 32.7 Å². The first-order chi connectivity index (χ1) is 23.6. The number of amidine groups is 1. The van der Waals surface area contributed by atoms with Crippen molar-refractivity contribution in [1.29, 1.82) is 0 Å². The summed E-state index contributed by atoms with van der Waals surface area (Å²) >= 11 is 6.42. The van der Waals surface area contributed by atoms with Gasteiger partial charge < -0.3 is 25.0 Å². The van der Waals surface area contributed by atoms with Crippen LogP contribution in [0.2, 0.25) is 5.02 Å². The Morgan fingerprint density at radius 1 is 1.02 bits per heavy atom. The van der Waals surface area contributed by atoms with E-state index in [1.54, 1.807) is 36.4 Å². The first-order valence-electron chi connectivity index (χ1n) is 17.9. The number of ketones is 2. The van der Waals surface area contributed by atoms with Crippen LogP contribution in [0.3, 0.4) is 0 Å². The number of aliphatic hydroxyl groups excluding tert-OH is 1. The normalized spacial score (nSPS) is 37.7. The molecule has 8 rings (SSSR count). The predicted octanol–water partition coefficient (Wildman–Crippen LogP) is 6.21. The van der Waals surface area contributed by atoms with Gasteiger partial charge in [-0.2, -0.15) is 0 Å². The number of benzene rings is 2. The number of aromatic hydroxyl groups is 1. The summed E-state index contributed by atoms with van der Waals surface area (Å²) in [4.78, 5) is 35.9. The number of nitrogens with zero attached hydrogens (tertiary/aromatic N) is 3. The van der Waals surface area contributed by atoms with Crippen molar-refractivity contribution < 1.29 is 29.6 Å². The van der Waals surface area contributed by atoms with Crippen molar-refractivity contribution in [3.63, 3.8) is 0 Å². The van der Waals surface area contributed by atoms with Crippen LogP contribution in [-0.4, -0.2) is 87.0 Å². The summed E-state index contributed by atoms with van der Waals surface area (Å²) < 4.78 is 6.19. The maximum Gasteiger partial charge on any atom is 0.178 e. The summed E-state index contributed by atoms with van der Waals surface area (Å²) in [6.07, 6.45) is 7.60. The molecule has 4 fully saturated rings. The lowest BCUT2D eigenvalue weighted by atomic mass is 9.34. The fourth-order valence-corrected chi connectivity index (χ4v) is 11.3. The minimum atomic E-state index is -1.56. The maximum absolute atomic E-state index is 14.3. The monoisotopic (exact) mass is 699 g/mol. The number of ether oxygens (including phenoxy) is 1. The van der Waals surface area contributed by atoms with E-state index in [0.29, 0.717) is 73.5 Å². The number of halogens is 1. The molecule has 4 aliphatic carbocycles. The molecular formula is C40H46ClN3O6.